The van der Waals surface area contributed by atoms with Crippen LogP contribution in [-0.4, -0.2) is 36.7 Å². The van der Waals surface area contributed by atoms with Crippen LogP contribution in [-0.2, 0) is 14.3 Å². The van der Waals surface area contributed by atoms with Crippen molar-refractivity contribution in [1.82, 2.24) is 5.32 Å². The summed E-state index contributed by atoms with van der Waals surface area (Å²) in [6.45, 7) is 2.14. The molecule has 2 aliphatic rings. The van der Waals surface area contributed by atoms with Crippen LogP contribution in [0.1, 0.15) is 25.7 Å². The number of carboxylic acid groups (broad SMARTS) is 1. The number of ether oxygens (including phenoxy) is 1. The third-order valence-corrected chi connectivity index (χ3v) is 3.99. The number of amides is 1. The molecule has 0 spiro atoms. The summed E-state index contributed by atoms with van der Waals surface area (Å²) in [5, 5.41) is 12.1. The van der Waals surface area contributed by atoms with Gasteiger partial charge in [0.05, 0.1) is 11.8 Å². The number of aliphatic carboxylic acids is 1. The molecule has 0 aromatic carbocycles. The van der Waals surface area contributed by atoms with E-state index in [2.05, 4.69) is 5.32 Å². The van der Waals surface area contributed by atoms with Crippen LogP contribution in [0.25, 0.3) is 0 Å². The molecule has 0 aromatic heterocycles. The number of rotatable bonds is 4. The zero-order valence-corrected chi connectivity index (χ0v) is 11.0. The predicted molar refractivity (Wildman–Crippen MR) is 69.5 cm³/mol. The smallest absolute Gasteiger partial charge is 0.307 e. The standard InChI is InChI=1S/C14H21NO4/c16-13(15-9-10-5-7-19-8-6-10)11-3-1-2-4-12(11)14(17)18/h1-2,10-12H,3-9H2,(H,15,16)(H,17,18). The first-order valence-electron chi connectivity index (χ1n) is 6.91. The molecule has 2 rings (SSSR count). The first-order chi connectivity index (χ1) is 9.18. The zero-order chi connectivity index (χ0) is 13.7. The fraction of sp³-hybridized carbons (Fsp3) is 0.714. The molecule has 106 valence electrons. The van der Waals surface area contributed by atoms with Crippen molar-refractivity contribution in [3.63, 3.8) is 0 Å². The van der Waals surface area contributed by atoms with Gasteiger partial charge >= 0.3 is 5.97 Å². The number of nitrogens with one attached hydrogen (secondary N) is 1. The maximum Gasteiger partial charge on any atom is 0.307 e. The van der Waals surface area contributed by atoms with E-state index >= 15 is 0 Å². The number of carbonyl (C=O) groups excluding carboxylic acids is 1. The van der Waals surface area contributed by atoms with Crippen molar-refractivity contribution in [2.75, 3.05) is 19.8 Å². The molecule has 0 radical (unpaired) electrons. The van der Waals surface area contributed by atoms with Crippen LogP contribution in [0, 0.1) is 17.8 Å². The van der Waals surface area contributed by atoms with E-state index in [0.717, 1.165) is 26.1 Å². The van der Waals surface area contributed by atoms with E-state index in [9.17, 15) is 9.59 Å². The molecule has 0 aromatic rings. The average Bonchev–Trinajstić information content (AvgIpc) is 2.46. The highest BCUT2D eigenvalue weighted by Gasteiger charge is 2.34. The first kappa shape index (κ1) is 14.1. The lowest BCUT2D eigenvalue weighted by Crippen LogP contribution is -2.41. The topological polar surface area (TPSA) is 75.6 Å². The zero-order valence-electron chi connectivity index (χ0n) is 11.0. The van der Waals surface area contributed by atoms with E-state index in [1.807, 2.05) is 12.2 Å². The molecule has 1 heterocycles. The quantitative estimate of drug-likeness (QED) is 0.750. The van der Waals surface area contributed by atoms with Crippen LogP contribution in [0.2, 0.25) is 0 Å². The van der Waals surface area contributed by atoms with Gasteiger partial charge in [-0.15, -0.1) is 0 Å². The molecular formula is C14H21NO4. The van der Waals surface area contributed by atoms with Crippen LogP contribution >= 0.6 is 0 Å². The number of hydrogen-bond donors (Lipinski definition) is 2. The SMILES string of the molecule is O=C(O)C1CC=CCC1C(=O)NCC1CCOCC1. The maximum absolute atomic E-state index is 12.1. The summed E-state index contributed by atoms with van der Waals surface area (Å²) < 4.78 is 5.27. The Bertz CT molecular complexity index is 360. The Labute approximate surface area is 113 Å². The van der Waals surface area contributed by atoms with Crippen LogP contribution in [0.15, 0.2) is 12.2 Å². The van der Waals surface area contributed by atoms with Crippen molar-refractivity contribution >= 4 is 11.9 Å². The Morgan fingerprint density at radius 2 is 1.79 bits per heavy atom. The van der Waals surface area contributed by atoms with Crippen molar-refractivity contribution in [2.24, 2.45) is 17.8 Å². The molecule has 1 fully saturated rings. The minimum Gasteiger partial charge on any atom is -0.481 e. The third-order valence-electron chi connectivity index (χ3n) is 3.99. The maximum atomic E-state index is 12.1. The minimum absolute atomic E-state index is 0.122. The van der Waals surface area contributed by atoms with Crippen LogP contribution < -0.4 is 5.32 Å². The highest BCUT2D eigenvalue weighted by molar-refractivity contribution is 5.85. The Kier molecular flexibility index (Phi) is 4.96. The molecule has 5 heteroatoms. The monoisotopic (exact) mass is 267 g/mol. The molecule has 1 saturated heterocycles. The molecule has 1 aliphatic carbocycles. The van der Waals surface area contributed by atoms with Crippen LogP contribution in [0.4, 0.5) is 0 Å². The minimum atomic E-state index is -0.879. The predicted octanol–water partition coefficient (Wildman–Crippen LogP) is 1.20. The Balaban J connectivity index is 1.84. The molecule has 5 nitrogen and oxygen atoms in total. The van der Waals surface area contributed by atoms with Gasteiger partial charge in [-0.25, -0.2) is 0 Å². The van der Waals surface area contributed by atoms with Crippen LogP contribution in [0.3, 0.4) is 0 Å². The van der Waals surface area contributed by atoms with Gasteiger partial charge in [-0.3, -0.25) is 9.59 Å². The number of allylic oxidation sites excluding steroid dienone is 2. The summed E-state index contributed by atoms with van der Waals surface area (Å²) in [5.41, 5.74) is 0. The van der Waals surface area contributed by atoms with Gasteiger partial charge in [-0.05, 0) is 31.6 Å². The molecule has 0 bridgehead atoms. The van der Waals surface area contributed by atoms with Crippen LogP contribution in [0.5, 0.6) is 0 Å². The van der Waals surface area contributed by atoms with Crippen molar-refractivity contribution < 1.29 is 19.4 Å². The molecule has 19 heavy (non-hydrogen) atoms. The van der Waals surface area contributed by atoms with E-state index < -0.39 is 17.8 Å². The second-order valence-corrected chi connectivity index (χ2v) is 5.29. The highest BCUT2D eigenvalue weighted by Crippen LogP contribution is 2.26. The fourth-order valence-electron chi connectivity index (χ4n) is 2.70. The number of carbonyl (C=O) groups is 2. The van der Waals surface area contributed by atoms with Crippen molar-refractivity contribution in [1.29, 1.82) is 0 Å². The van der Waals surface area contributed by atoms with Gasteiger partial charge in [0, 0.05) is 19.8 Å². The van der Waals surface area contributed by atoms with Crippen molar-refractivity contribution in [3.8, 4) is 0 Å². The first-order valence-corrected chi connectivity index (χ1v) is 6.91. The van der Waals surface area contributed by atoms with Gasteiger partial charge in [-0.1, -0.05) is 12.2 Å². The van der Waals surface area contributed by atoms with E-state index in [-0.39, 0.29) is 5.91 Å². The van der Waals surface area contributed by atoms with Crippen molar-refractivity contribution in [3.05, 3.63) is 12.2 Å². The van der Waals surface area contributed by atoms with E-state index in [0.29, 0.717) is 25.3 Å². The van der Waals surface area contributed by atoms with Gasteiger partial charge in [-0.2, -0.15) is 0 Å². The van der Waals surface area contributed by atoms with Gasteiger partial charge in [0.2, 0.25) is 5.91 Å². The van der Waals surface area contributed by atoms with Gasteiger partial charge < -0.3 is 15.2 Å². The Morgan fingerprint density at radius 1 is 1.16 bits per heavy atom. The summed E-state index contributed by atoms with van der Waals surface area (Å²) >= 11 is 0. The lowest BCUT2D eigenvalue weighted by atomic mass is 9.82. The summed E-state index contributed by atoms with van der Waals surface area (Å²) in [6.07, 6.45) is 6.65. The average molecular weight is 267 g/mol. The molecule has 1 aliphatic heterocycles. The molecular weight excluding hydrogens is 246 g/mol. The third kappa shape index (κ3) is 3.80. The second kappa shape index (κ2) is 6.70. The summed E-state index contributed by atoms with van der Waals surface area (Å²) in [6, 6.07) is 0. The highest BCUT2D eigenvalue weighted by atomic mass is 16.5. The van der Waals surface area contributed by atoms with E-state index in [1.54, 1.807) is 0 Å². The summed E-state index contributed by atoms with van der Waals surface area (Å²) in [7, 11) is 0. The molecule has 1 amide bonds. The largest absolute Gasteiger partial charge is 0.481 e. The van der Waals surface area contributed by atoms with Crippen molar-refractivity contribution in [2.45, 2.75) is 25.7 Å². The molecule has 2 N–H and O–H groups in total. The number of hydrogen-bond acceptors (Lipinski definition) is 3. The molecule has 2 unspecified atom stereocenters. The van der Waals surface area contributed by atoms with E-state index in [1.165, 1.54) is 0 Å². The molecule has 2 atom stereocenters. The second-order valence-electron chi connectivity index (χ2n) is 5.29. The normalized spacial score (nSPS) is 28.0. The Morgan fingerprint density at radius 3 is 2.42 bits per heavy atom. The lowest BCUT2D eigenvalue weighted by molar-refractivity contribution is -0.147. The Hall–Kier alpha value is -1.36. The fourth-order valence-corrected chi connectivity index (χ4v) is 2.70. The van der Waals surface area contributed by atoms with E-state index in [4.69, 9.17) is 9.84 Å². The molecule has 0 saturated carbocycles. The lowest BCUT2D eigenvalue weighted by Gasteiger charge is -2.26. The summed E-state index contributed by atoms with van der Waals surface area (Å²) in [4.78, 5) is 23.3. The summed E-state index contributed by atoms with van der Waals surface area (Å²) in [5.74, 6) is -1.55. The number of carboxylic acids is 1. The van der Waals surface area contributed by atoms with Gasteiger partial charge in [0.25, 0.3) is 0 Å². The van der Waals surface area contributed by atoms with Gasteiger partial charge in [0.15, 0.2) is 0 Å². The van der Waals surface area contributed by atoms with Gasteiger partial charge in [0.1, 0.15) is 0 Å².